The second-order valence-electron chi connectivity index (χ2n) is 4.95. The smallest absolute Gasteiger partial charge is 0.0704 e. The summed E-state index contributed by atoms with van der Waals surface area (Å²) >= 11 is 0. The van der Waals surface area contributed by atoms with Crippen molar-refractivity contribution in [2.75, 3.05) is 26.2 Å². The highest BCUT2D eigenvalue weighted by Crippen LogP contribution is 2.17. The van der Waals surface area contributed by atoms with Crippen molar-refractivity contribution in [1.29, 1.82) is 0 Å². The molecule has 3 heteroatoms. The molecule has 0 spiro atoms. The molecule has 1 heterocycles. The van der Waals surface area contributed by atoms with E-state index >= 15 is 0 Å². The minimum absolute atomic E-state index is 0.449. The first-order valence-electron chi connectivity index (χ1n) is 6.25. The molecule has 1 aliphatic heterocycles. The highest BCUT2D eigenvalue weighted by atomic mass is 16.5. The molecule has 1 rings (SSSR count). The monoisotopic (exact) mass is 214 g/mol. The van der Waals surface area contributed by atoms with Gasteiger partial charge in [0.05, 0.1) is 12.2 Å². The first-order valence-corrected chi connectivity index (χ1v) is 6.25. The Morgan fingerprint density at radius 2 is 1.93 bits per heavy atom. The van der Waals surface area contributed by atoms with E-state index in [4.69, 9.17) is 4.74 Å². The van der Waals surface area contributed by atoms with Crippen LogP contribution in [0, 0.1) is 5.92 Å². The van der Waals surface area contributed by atoms with Crippen LogP contribution >= 0.6 is 0 Å². The molecule has 15 heavy (non-hydrogen) atoms. The molecule has 2 N–H and O–H groups in total. The van der Waals surface area contributed by atoms with E-state index in [9.17, 15) is 0 Å². The summed E-state index contributed by atoms with van der Waals surface area (Å²) in [5.74, 6) is 0.740. The molecule has 0 aromatic heterocycles. The van der Waals surface area contributed by atoms with Gasteiger partial charge in [-0.15, -0.1) is 0 Å². The van der Waals surface area contributed by atoms with Crippen molar-refractivity contribution in [3.63, 3.8) is 0 Å². The minimum Gasteiger partial charge on any atom is -0.374 e. The summed E-state index contributed by atoms with van der Waals surface area (Å²) < 4.78 is 5.72. The third-order valence-electron chi connectivity index (χ3n) is 2.72. The van der Waals surface area contributed by atoms with Crippen molar-refractivity contribution < 1.29 is 4.74 Å². The summed E-state index contributed by atoms with van der Waals surface area (Å²) in [6, 6.07) is 0. The molecule has 0 aliphatic carbocycles. The maximum atomic E-state index is 5.72. The van der Waals surface area contributed by atoms with Crippen LogP contribution in [0.5, 0.6) is 0 Å². The summed E-state index contributed by atoms with van der Waals surface area (Å²) in [7, 11) is 0. The fraction of sp³-hybridized carbons (Fsp3) is 1.00. The normalized spacial score (nSPS) is 26.4. The number of hydrogen-bond acceptors (Lipinski definition) is 3. The van der Waals surface area contributed by atoms with Gasteiger partial charge in [-0.05, 0) is 32.2 Å². The van der Waals surface area contributed by atoms with Gasteiger partial charge in [0.1, 0.15) is 0 Å². The molecule has 0 aromatic carbocycles. The average Bonchev–Trinajstić information content (AvgIpc) is 2.57. The fourth-order valence-corrected chi connectivity index (χ4v) is 1.87. The van der Waals surface area contributed by atoms with E-state index in [2.05, 4.69) is 31.4 Å². The second kappa shape index (κ2) is 7.20. The Balaban J connectivity index is 1.85. The summed E-state index contributed by atoms with van der Waals surface area (Å²) in [5.41, 5.74) is 0. The van der Waals surface area contributed by atoms with Gasteiger partial charge in [-0.1, -0.05) is 13.8 Å². The maximum absolute atomic E-state index is 5.72. The summed E-state index contributed by atoms with van der Waals surface area (Å²) in [6.45, 7) is 10.8. The van der Waals surface area contributed by atoms with Gasteiger partial charge in [-0.25, -0.2) is 0 Å². The quantitative estimate of drug-likeness (QED) is 0.628. The minimum atomic E-state index is 0.449. The Bertz CT molecular complexity index is 162. The van der Waals surface area contributed by atoms with Gasteiger partial charge in [-0.2, -0.15) is 0 Å². The Labute approximate surface area is 94.0 Å². The van der Waals surface area contributed by atoms with E-state index in [-0.39, 0.29) is 0 Å². The van der Waals surface area contributed by atoms with Crippen LogP contribution < -0.4 is 10.6 Å². The summed E-state index contributed by atoms with van der Waals surface area (Å²) in [5, 5.41) is 6.85. The topological polar surface area (TPSA) is 33.3 Å². The Morgan fingerprint density at radius 3 is 2.53 bits per heavy atom. The molecule has 3 nitrogen and oxygen atoms in total. The van der Waals surface area contributed by atoms with Gasteiger partial charge in [-0.3, -0.25) is 0 Å². The van der Waals surface area contributed by atoms with E-state index in [1.54, 1.807) is 0 Å². The molecule has 0 aromatic rings. The fourth-order valence-electron chi connectivity index (χ4n) is 1.87. The molecule has 1 fully saturated rings. The van der Waals surface area contributed by atoms with Crippen LogP contribution in [0.2, 0.25) is 0 Å². The van der Waals surface area contributed by atoms with Crippen molar-refractivity contribution in [2.45, 2.75) is 45.8 Å². The molecule has 0 amide bonds. The summed E-state index contributed by atoms with van der Waals surface area (Å²) in [4.78, 5) is 0. The van der Waals surface area contributed by atoms with Crippen LogP contribution in [0.25, 0.3) is 0 Å². The lowest BCUT2D eigenvalue weighted by molar-refractivity contribution is 0.0562. The highest BCUT2D eigenvalue weighted by Gasteiger charge is 2.20. The molecular weight excluding hydrogens is 188 g/mol. The molecule has 0 radical (unpaired) electrons. The Hall–Kier alpha value is -0.120. The SMILES string of the molecule is CC(C)CNCCNCC1CCC(C)O1. The van der Waals surface area contributed by atoms with Crippen LogP contribution in [0.15, 0.2) is 0 Å². The van der Waals surface area contributed by atoms with Crippen LogP contribution in [-0.4, -0.2) is 38.4 Å². The lowest BCUT2D eigenvalue weighted by Crippen LogP contribution is -2.34. The van der Waals surface area contributed by atoms with Crippen LogP contribution in [0.4, 0.5) is 0 Å². The maximum Gasteiger partial charge on any atom is 0.0704 e. The third-order valence-corrected chi connectivity index (χ3v) is 2.72. The molecule has 0 saturated carbocycles. The third kappa shape index (κ3) is 6.13. The molecule has 2 unspecified atom stereocenters. The molecule has 90 valence electrons. The standard InChI is InChI=1S/C12H26N2O/c1-10(2)8-13-6-7-14-9-12-5-4-11(3)15-12/h10-14H,4-9H2,1-3H3. The number of rotatable bonds is 7. The molecule has 1 saturated heterocycles. The predicted octanol–water partition coefficient (Wildman–Crippen LogP) is 1.39. The zero-order chi connectivity index (χ0) is 11.1. The Kier molecular flexibility index (Phi) is 6.22. The largest absolute Gasteiger partial charge is 0.374 e. The van der Waals surface area contributed by atoms with Gasteiger partial charge in [0.15, 0.2) is 0 Å². The first-order chi connectivity index (χ1) is 7.18. The van der Waals surface area contributed by atoms with Gasteiger partial charge in [0.25, 0.3) is 0 Å². The van der Waals surface area contributed by atoms with Gasteiger partial charge >= 0.3 is 0 Å². The van der Waals surface area contributed by atoms with Crippen molar-refractivity contribution in [3.8, 4) is 0 Å². The van der Waals surface area contributed by atoms with E-state index in [1.807, 2.05) is 0 Å². The van der Waals surface area contributed by atoms with E-state index < -0.39 is 0 Å². The predicted molar refractivity (Wildman–Crippen MR) is 64.1 cm³/mol. The lowest BCUT2D eigenvalue weighted by Gasteiger charge is -2.12. The van der Waals surface area contributed by atoms with Crippen molar-refractivity contribution in [1.82, 2.24) is 10.6 Å². The zero-order valence-corrected chi connectivity index (χ0v) is 10.4. The number of nitrogens with one attached hydrogen (secondary N) is 2. The summed E-state index contributed by atoms with van der Waals surface area (Å²) in [6.07, 6.45) is 3.35. The average molecular weight is 214 g/mol. The van der Waals surface area contributed by atoms with E-state index in [1.165, 1.54) is 12.8 Å². The van der Waals surface area contributed by atoms with Gasteiger partial charge in [0.2, 0.25) is 0 Å². The molecule has 0 bridgehead atoms. The zero-order valence-electron chi connectivity index (χ0n) is 10.4. The molecule has 1 aliphatic rings. The van der Waals surface area contributed by atoms with Crippen molar-refractivity contribution >= 4 is 0 Å². The van der Waals surface area contributed by atoms with E-state index in [0.29, 0.717) is 12.2 Å². The lowest BCUT2D eigenvalue weighted by atomic mass is 10.2. The van der Waals surface area contributed by atoms with Gasteiger partial charge in [0, 0.05) is 19.6 Å². The highest BCUT2D eigenvalue weighted by molar-refractivity contribution is 4.72. The van der Waals surface area contributed by atoms with Crippen molar-refractivity contribution in [3.05, 3.63) is 0 Å². The first kappa shape index (κ1) is 12.9. The van der Waals surface area contributed by atoms with Crippen molar-refractivity contribution in [2.24, 2.45) is 5.92 Å². The van der Waals surface area contributed by atoms with E-state index in [0.717, 1.165) is 32.1 Å². The van der Waals surface area contributed by atoms with Gasteiger partial charge < -0.3 is 15.4 Å². The molecule has 2 atom stereocenters. The number of hydrogen-bond donors (Lipinski definition) is 2. The molecular formula is C12H26N2O. The Morgan fingerprint density at radius 1 is 1.20 bits per heavy atom. The number of ether oxygens (including phenoxy) is 1. The van der Waals surface area contributed by atoms with Crippen LogP contribution in [0.3, 0.4) is 0 Å². The second-order valence-corrected chi connectivity index (χ2v) is 4.95. The van der Waals surface area contributed by atoms with Crippen LogP contribution in [0.1, 0.15) is 33.6 Å². The van der Waals surface area contributed by atoms with Crippen LogP contribution in [-0.2, 0) is 4.74 Å².